The standard InChI is InChI=1S/C13H21N5O7S/c19-11(16-12(20)15-8-3-5-14-6-4-8)10-2-1-9-7-17(10)13(21)18(9)25-26(22,23)24/h8-10,14H,1-7H2,(H,22,23,24)(H2,15,16,19,20)/t9?,10-/m0/s1. The lowest BCUT2D eigenvalue weighted by molar-refractivity contribution is -0.124. The van der Waals surface area contributed by atoms with E-state index in [1.807, 2.05) is 0 Å². The molecule has 0 aromatic heterocycles. The van der Waals surface area contributed by atoms with E-state index in [1.54, 1.807) is 0 Å². The second-order valence-corrected chi connectivity index (χ2v) is 7.50. The number of fused-ring (bicyclic) bond motifs is 2. The van der Waals surface area contributed by atoms with E-state index in [2.05, 4.69) is 20.2 Å². The minimum Gasteiger partial charge on any atom is -0.335 e. The first-order valence-electron chi connectivity index (χ1n) is 8.33. The van der Waals surface area contributed by atoms with E-state index < -0.39 is 40.5 Å². The molecule has 0 saturated carbocycles. The third-order valence-corrected chi connectivity index (χ3v) is 5.06. The lowest BCUT2D eigenvalue weighted by atomic mass is 10.0. The smallest absolute Gasteiger partial charge is 0.335 e. The summed E-state index contributed by atoms with van der Waals surface area (Å²) in [5, 5.41) is 8.67. The Morgan fingerprint density at radius 3 is 2.54 bits per heavy atom. The van der Waals surface area contributed by atoms with Crippen molar-refractivity contribution in [2.75, 3.05) is 19.6 Å². The fourth-order valence-corrected chi connectivity index (χ4v) is 3.88. The number of carbonyl (C=O) groups is 3. The van der Waals surface area contributed by atoms with Gasteiger partial charge in [-0.3, -0.25) is 14.7 Å². The van der Waals surface area contributed by atoms with Gasteiger partial charge in [0, 0.05) is 12.6 Å². The van der Waals surface area contributed by atoms with Crippen molar-refractivity contribution >= 4 is 28.4 Å². The van der Waals surface area contributed by atoms with Gasteiger partial charge in [-0.1, -0.05) is 0 Å². The Morgan fingerprint density at radius 2 is 1.88 bits per heavy atom. The number of urea groups is 2. The summed E-state index contributed by atoms with van der Waals surface area (Å²) in [5.74, 6) is -0.642. The molecule has 2 atom stereocenters. The number of amides is 5. The molecule has 0 aromatic rings. The van der Waals surface area contributed by atoms with E-state index in [9.17, 15) is 22.8 Å². The summed E-state index contributed by atoms with van der Waals surface area (Å²) in [7, 11) is -4.84. The van der Waals surface area contributed by atoms with Crippen LogP contribution in [0.15, 0.2) is 0 Å². The van der Waals surface area contributed by atoms with Gasteiger partial charge < -0.3 is 15.5 Å². The Morgan fingerprint density at radius 1 is 1.19 bits per heavy atom. The monoisotopic (exact) mass is 391 g/mol. The molecule has 2 bridgehead atoms. The third-order valence-electron chi connectivity index (χ3n) is 4.71. The van der Waals surface area contributed by atoms with Gasteiger partial charge in [-0.05, 0) is 38.8 Å². The van der Waals surface area contributed by atoms with E-state index in [1.165, 1.54) is 0 Å². The van der Waals surface area contributed by atoms with E-state index in [0.29, 0.717) is 11.5 Å². The highest BCUT2D eigenvalue weighted by Crippen LogP contribution is 2.30. The van der Waals surface area contributed by atoms with Gasteiger partial charge in [-0.25, -0.2) is 9.59 Å². The van der Waals surface area contributed by atoms with Crippen molar-refractivity contribution in [2.45, 2.75) is 43.8 Å². The molecule has 26 heavy (non-hydrogen) atoms. The minimum atomic E-state index is -4.84. The summed E-state index contributed by atoms with van der Waals surface area (Å²) in [5.41, 5.74) is 0. The normalized spacial score (nSPS) is 26.7. The summed E-state index contributed by atoms with van der Waals surface area (Å²) in [4.78, 5) is 37.7. The van der Waals surface area contributed by atoms with E-state index in [0.717, 1.165) is 30.8 Å². The molecule has 3 heterocycles. The molecule has 0 aromatic carbocycles. The molecule has 12 nitrogen and oxygen atoms in total. The second-order valence-electron chi connectivity index (χ2n) is 6.50. The number of piperidine rings is 2. The van der Waals surface area contributed by atoms with Crippen LogP contribution in [-0.4, -0.2) is 78.7 Å². The van der Waals surface area contributed by atoms with Gasteiger partial charge in [-0.15, -0.1) is 4.28 Å². The maximum Gasteiger partial charge on any atom is 0.418 e. The zero-order valence-electron chi connectivity index (χ0n) is 13.9. The van der Waals surface area contributed by atoms with Crippen molar-refractivity contribution in [1.82, 2.24) is 25.9 Å². The summed E-state index contributed by atoms with van der Waals surface area (Å²) in [6.45, 7) is 1.64. The number of nitrogens with one attached hydrogen (secondary N) is 3. The molecule has 5 amide bonds. The number of rotatable bonds is 4. The lowest BCUT2D eigenvalue weighted by Gasteiger charge is -2.29. The van der Waals surface area contributed by atoms with Crippen molar-refractivity contribution in [3.8, 4) is 0 Å². The molecule has 0 spiro atoms. The van der Waals surface area contributed by atoms with Crippen LogP contribution in [0.25, 0.3) is 0 Å². The highest BCUT2D eigenvalue weighted by molar-refractivity contribution is 7.80. The first-order valence-corrected chi connectivity index (χ1v) is 9.70. The van der Waals surface area contributed by atoms with E-state index in [4.69, 9.17) is 4.55 Å². The molecule has 3 rings (SSSR count). The molecule has 3 aliphatic rings. The summed E-state index contributed by atoms with van der Waals surface area (Å²) >= 11 is 0. The Bertz CT molecular complexity index is 693. The number of carbonyl (C=O) groups excluding carboxylic acids is 3. The van der Waals surface area contributed by atoms with Crippen LogP contribution in [-0.2, 0) is 19.5 Å². The Balaban J connectivity index is 1.57. The van der Waals surface area contributed by atoms with Crippen molar-refractivity contribution in [3.63, 3.8) is 0 Å². The molecule has 13 heteroatoms. The quantitative estimate of drug-likeness (QED) is 0.425. The molecule has 0 radical (unpaired) electrons. The molecule has 3 aliphatic heterocycles. The molecule has 3 fully saturated rings. The Hall–Kier alpha value is -1.96. The van der Waals surface area contributed by atoms with E-state index in [-0.39, 0.29) is 19.0 Å². The number of hydroxylamine groups is 2. The van der Waals surface area contributed by atoms with Crippen LogP contribution in [0.2, 0.25) is 0 Å². The lowest BCUT2D eigenvalue weighted by Crippen LogP contribution is -2.54. The summed E-state index contributed by atoms with van der Waals surface area (Å²) < 4.78 is 34.8. The van der Waals surface area contributed by atoms with Crippen molar-refractivity contribution in [3.05, 3.63) is 0 Å². The van der Waals surface area contributed by atoms with Crippen molar-refractivity contribution in [2.24, 2.45) is 0 Å². The largest absolute Gasteiger partial charge is 0.418 e. The zero-order valence-corrected chi connectivity index (χ0v) is 14.7. The van der Waals surface area contributed by atoms with Crippen LogP contribution >= 0.6 is 0 Å². The van der Waals surface area contributed by atoms with Gasteiger partial charge >= 0.3 is 22.5 Å². The molecule has 146 valence electrons. The predicted octanol–water partition coefficient (Wildman–Crippen LogP) is -1.43. The number of nitrogens with zero attached hydrogens (tertiary/aromatic N) is 2. The average molecular weight is 391 g/mol. The molecule has 0 aliphatic carbocycles. The van der Waals surface area contributed by atoms with Crippen LogP contribution in [0.3, 0.4) is 0 Å². The van der Waals surface area contributed by atoms with Gasteiger partial charge in [0.05, 0.1) is 6.04 Å². The molecule has 1 unspecified atom stereocenters. The molecule has 4 N–H and O–H groups in total. The summed E-state index contributed by atoms with van der Waals surface area (Å²) in [6.07, 6.45) is 2.07. The highest BCUT2D eigenvalue weighted by atomic mass is 32.3. The second kappa shape index (κ2) is 7.34. The Kier molecular flexibility index (Phi) is 5.32. The van der Waals surface area contributed by atoms with Crippen LogP contribution in [0.4, 0.5) is 9.59 Å². The molecule has 3 saturated heterocycles. The fraction of sp³-hybridized carbons (Fsp3) is 0.769. The maximum atomic E-state index is 12.4. The average Bonchev–Trinajstić information content (AvgIpc) is 2.79. The predicted molar refractivity (Wildman–Crippen MR) is 86.0 cm³/mol. The minimum absolute atomic E-state index is 0.0214. The zero-order chi connectivity index (χ0) is 18.9. The first kappa shape index (κ1) is 18.8. The highest BCUT2D eigenvalue weighted by Gasteiger charge is 2.49. The van der Waals surface area contributed by atoms with E-state index >= 15 is 0 Å². The number of imide groups is 1. The van der Waals surface area contributed by atoms with Crippen LogP contribution < -0.4 is 16.0 Å². The maximum absolute atomic E-state index is 12.4. The third kappa shape index (κ3) is 4.23. The van der Waals surface area contributed by atoms with Crippen molar-refractivity contribution < 1.29 is 31.6 Å². The van der Waals surface area contributed by atoms with Gasteiger partial charge in [0.2, 0.25) is 0 Å². The van der Waals surface area contributed by atoms with Crippen molar-refractivity contribution in [1.29, 1.82) is 0 Å². The molecular weight excluding hydrogens is 370 g/mol. The summed E-state index contributed by atoms with van der Waals surface area (Å²) in [6, 6.07) is -2.98. The number of hydrogen-bond acceptors (Lipinski definition) is 7. The SMILES string of the molecule is O=C(NC(=O)[C@@H]1CCC2CN1C(=O)N2OS(=O)(=O)O)NC1CCNCC1. The Labute approximate surface area is 150 Å². The van der Waals surface area contributed by atoms with Crippen LogP contribution in [0, 0.1) is 0 Å². The van der Waals surface area contributed by atoms with Gasteiger partial charge in [0.1, 0.15) is 6.04 Å². The number of hydrogen-bond donors (Lipinski definition) is 4. The fourth-order valence-electron chi connectivity index (χ4n) is 3.49. The molecular formula is C13H21N5O7S. The van der Waals surface area contributed by atoms with Gasteiger partial charge in [0.25, 0.3) is 5.91 Å². The topological polar surface area (TPSA) is 157 Å². The van der Waals surface area contributed by atoms with Crippen LogP contribution in [0.1, 0.15) is 25.7 Å². The van der Waals surface area contributed by atoms with Gasteiger partial charge in [-0.2, -0.15) is 13.5 Å². The van der Waals surface area contributed by atoms with Gasteiger partial charge in [0.15, 0.2) is 0 Å². The first-order chi connectivity index (χ1) is 12.2. The van der Waals surface area contributed by atoms with Crippen LogP contribution in [0.5, 0.6) is 0 Å².